The number of esters is 2. The van der Waals surface area contributed by atoms with Gasteiger partial charge in [0, 0.05) is 10.8 Å². The molecule has 0 radical (unpaired) electrons. The van der Waals surface area contributed by atoms with E-state index in [4.69, 9.17) is 32.7 Å². The molecular weight excluding hydrogens is 585 g/mol. The first kappa shape index (κ1) is 39.7. The molecule has 43 heavy (non-hydrogen) atoms. The van der Waals surface area contributed by atoms with E-state index in [-0.39, 0.29) is 64.1 Å². The fourth-order valence-corrected chi connectivity index (χ4v) is 6.00. The second-order valence-electron chi connectivity index (χ2n) is 14.6. The van der Waals surface area contributed by atoms with E-state index in [0.29, 0.717) is 12.8 Å². The molecule has 0 spiro atoms. The van der Waals surface area contributed by atoms with Crippen LogP contribution in [0.5, 0.6) is 0 Å². The van der Waals surface area contributed by atoms with Gasteiger partial charge in [0.05, 0.1) is 19.3 Å². The Morgan fingerprint density at radius 3 is 1.77 bits per heavy atom. The highest BCUT2D eigenvalue weighted by molar-refractivity contribution is 6.21. The van der Waals surface area contributed by atoms with Gasteiger partial charge in [0.2, 0.25) is 5.69 Å². The molecule has 9 heteroatoms. The monoisotopic (exact) mass is 645 g/mol. The predicted octanol–water partition coefficient (Wildman–Crippen LogP) is 10.0. The van der Waals surface area contributed by atoms with Crippen LogP contribution in [0, 0.1) is 22.7 Å². The van der Waals surface area contributed by atoms with Gasteiger partial charge in [0.1, 0.15) is 0 Å². The van der Waals surface area contributed by atoms with Crippen LogP contribution in [0.3, 0.4) is 0 Å². The van der Waals surface area contributed by atoms with Gasteiger partial charge in [0.25, 0.3) is 0 Å². The van der Waals surface area contributed by atoms with Crippen LogP contribution in [0.4, 0.5) is 0 Å². The van der Waals surface area contributed by atoms with Crippen LogP contribution in [0.25, 0.3) is 0 Å². The first-order chi connectivity index (χ1) is 20.1. The molecule has 0 amide bonds. The topological polar surface area (TPSA) is 83.3 Å². The first-order valence-electron chi connectivity index (χ1n) is 16.6. The van der Waals surface area contributed by atoms with Crippen molar-refractivity contribution in [2.24, 2.45) is 22.7 Å². The summed E-state index contributed by atoms with van der Waals surface area (Å²) >= 11 is 13.8. The minimum Gasteiger partial charge on any atom is -0.461 e. The molecule has 1 aromatic heterocycles. The molecule has 0 aliphatic heterocycles. The summed E-state index contributed by atoms with van der Waals surface area (Å²) in [4.78, 5) is 27.2. The number of halogens is 2. The maximum atomic E-state index is 13.8. The van der Waals surface area contributed by atoms with Gasteiger partial charge in [-0.05, 0) is 54.8 Å². The number of hydrogen-bond donors (Lipinski definition) is 0. The van der Waals surface area contributed by atoms with E-state index >= 15 is 0 Å². The summed E-state index contributed by atoms with van der Waals surface area (Å²) in [5, 5.41) is 8.18. The maximum Gasteiger partial charge on any atom is 0.361 e. The van der Waals surface area contributed by atoms with Crippen LogP contribution >= 0.6 is 23.2 Å². The van der Waals surface area contributed by atoms with Crippen molar-refractivity contribution in [2.75, 3.05) is 13.2 Å². The molecule has 5 unspecified atom stereocenters. The average Bonchev–Trinajstić information content (AvgIpc) is 3.36. The second kappa shape index (κ2) is 19.2. The summed E-state index contributed by atoms with van der Waals surface area (Å²) in [6, 6.07) is -0.363. The predicted molar refractivity (Wildman–Crippen MR) is 178 cm³/mol. The highest BCUT2D eigenvalue weighted by atomic mass is 35.5. The van der Waals surface area contributed by atoms with Crippen LogP contribution in [-0.4, -0.2) is 50.9 Å². The number of nitrogens with zero attached hydrogens (tertiary/aromatic N) is 3. The molecular formula is C34H61Cl2N3O4. The molecule has 0 fully saturated rings. The SMILES string of the molecule is CCCCC(CC)COC(=O)c1nnn(C(CC(Cl)CC(C)(C)C)CC(Cl)C(C)(C)C)c1C(=O)OCC(CC)CCCC. The third-order valence-corrected chi connectivity index (χ3v) is 9.36. The third-order valence-electron chi connectivity index (χ3n) is 8.19. The number of alkyl halides is 2. The molecule has 1 heterocycles. The summed E-state index contributed by atoms with van der Waals surface area (Å²) in [6.45, 7) is 21.7. The number of rotatable bonds is 20. The largest absolute Gasteiger partial charge is 0.461 e. The normalized spacial score (nSPS) is 15.9. The summed E-state index contributed by atoms with van der Waals surface area (Å²) in [5.41, 5.74) is -0.261. The van der Waals surface area contributed by atoms with Gasteiger partial charge in [-0.1, -0.05) is 113 Å². The standard InChI is InChI=1S/C34H61Cl2N3O4/c1-11-15-17-24(13-3)22-42-31(40)29-30(32(41)43-23-25(14-4)18-16-12-2)39(38-37-29)27(20-28(36)34(8,9)10)19-26(35)21-33(5,6)7/h24-28H,11-23H2,1-10H3. The molecule has 7 nitrogen and oxygen atoms in total. The smallest absolute Gasteiger partial charge is 0.361 e. The Hall–Kier alpha value is -1.34. The van der Waals surface area contributed by atoms with Crippen LogP contribution in [0.15, 0.2) is 0 Å². The van der Waals surface area contributed by atoms with Crippen LogP contribution in [0.2, 0.25) is 0 Å². The second-order valence-corrected chi connectivity index (χ2v) is 15.7. The van der Waals surface area contributed by atoms with E-state index in [1.807, 2.05) is 0 Å². The number of aromatic nitrogens is 3. The first-order valence-corrected chi connectivity index (χ1v) is 17.5. The van der Waals surface area contributed by atoms with E-state index in [0.717, 1.165) is 57.8 Å². The van der Waals surface area contributed by atoms with Crippen molar-refractivity contribution < 1.29 is 19.1 Å². The lowest BCUT2D eigenvalue weighted by atomic mass is 9.85. The highest BCUT2D eigenvalue weighted by Gasteiger charge is 2.35. The zero-order valence-corrected chi connectivity index (χ0v) is 30.3. The van der Waals surface area contributed by atoms with Crippen molar-refractivity contribution >= 4 is 35.1 Å². The van der Waals surface area contributed by atoms with Crippen LogP contribution < -0.4 is 0 Å². The fourth-order valence-electron chi connectivity index (χ4n) is 5.13. The molecule has 0 aliphatic carbocycles. The Morgan fingerprint density at radius 2 is 1.33 bits per heavy atom. The van der Waals surface area contributed by atoms with Crippen molar-refractivity contribution in [2.45, 2.75) is 157 Å². The number of unbranched alkanes of at least 4 members (excludes halogenated alkanes) is 2. The zero-order chi connectivity index (χ0) is 32.8. The van der Waals surface area contributed by atoms with Gasteiger partial charge in [-0.15, -0.1) is 28.3 Å². The van der Waals surface area contributed by atoms with Crippen molar-refractivity contribution in [3.8, 4) is 0 Å². The Balaban J connectivity index is 3.49. The minimum absolute atomic E-state index is 0.0156. The molecule has 250 valence electrons. The van der Waals surface area contributed by atoms with Gasteiger partial charge in [0.15, 0.2) is 5.69 Å². The van der Waals surface area contributed by atoms with E-state index in [1.165, 1.54) is 0 Å². The Labute approximate surface area is 272 Å². The number of ether oxygens (including phenoxy) is 2. The number of carbonyl (C=O) groups excluding carboxylic acids is 2. The molecule has 5 atom stereocenters. The molecule has 0 saturated heterocycles. The van der Waals surface area contributed by atoms with Crippen LogP contribution in [-0.2, 0) is 9.47 Å². The van der Waals surface area contributed by atoms with Crippen molar-refractivity contribution in [1.29, 1.82) is 0 Å². The molecule has 1 aromatic rings. The molecule has 0 aromatic carbocycles. The van der Waals surface area contributed by atoms with E-state index < -0.39 is 11.9 Å². The van der Waals surface area contributed by atoms with E-state index in [1.54, 1.807) is 4.68 Å². The molecule has 0 bridgehead atoms. The van der Waals surface area contributed by atoms with Gasteiger partial charge in [-0.3, -0.25) is 0 Å². The van der Waals surface area contributed by atoms with Gasteiger partial charge in [-0.25, -0.2) is 14.3 Å². The zero-order valence-electron chi connectivity index (χ0n) is 28.8. The van der Waals surface area contributed by atoms with Crippen molar-refractivity contribution in [3.63, 3.8) is 0 Å². The lowest BCUT2D eigenvalue weighted by Gasteiger charge is -2.31. The number of hydrogen-bond acceptors (Lipinski definition) is 6. The number of carbonyl (C=O) groups is 2. The summed E-state index contributed by atoms with van der Waals surface area (Å²) < 4.78 is 13.1. The van der Waals surface area contributed by atoms with Gasteiger partial charge >= 0.3 is 11.9 Å². The lowest BCUT2D eigenvalue weighted by Crippen LogP contribution is -2.30. The minimum atomic E-state index is -0.653. The average molecular weight is 647 g/mol. The summed E-state index contributed by atoms with van der Waals surface area (Å²) in [6.07, 6.45) is 9.85. The highest BCUT2D eigenvalue weighted by Crippen LogP contribution is 2.36. The van der Waals surface area contributed by atoms with Crippen molar-refractivity contribution in [3.05, 3.63) is 11.4 Å². The third kappa shape index (κ3) is 14.5. The van der Waals surface area contributed by atoms with Crippen molar-refractivity contribution in [1.82, 2.24) is 15.0 Å². The maximum absolute atomic E-state index is 13.8. The molecule has 0 N–H and O–H groups in total. The summed E-state index contributed by atoms with van der Waals surface area (Å²) in [7, 11) is 0. The molecule has 0 aliphatic rings. The van der Waals surface area contributed by atoms with Gasteiger partial charge < -0.3 is 9.47 Å². The summed E-state index contributed by atoms with van der Waals surface area (Å²) in [5.74, 6) is -0.765. The quantitative estimate of drug-likeness (QED) is 0.104. The van der Waals surface area contributed by atoms with Gasteiger partial charge in [-0.2, -0.15) is 0 Å². The van der Waals surface area contributed by atoms with E-state index in [9.17, 15) is 9.59 Å². The molecule has 1 rings (SSSR count). The lowest BCUT2D eigenvalue weighted by molar-refractivity contribution is 0.0367. The fraction of sp³-hybridized carbons (Fsp3) is 0.882. The Bertz CT molecular complexity index is 954. The Kier molecular flexibility index (Phi) is 17.8. The van der Waals surface area contributed by atoms with E-state index in [2.05, 4.69) is 79.5 Å². The van der Waals surface area contributed by atoms with Crippen LogP contribution in [0.1, 0.15) is 167 Å². The Morgan fingerprint density at radius 1 is 0.814 bits per heavy atom. The molecule has 0 saturated carbocycles.